The van der Waals surface area contributed by atoms with Crippen LogP contribution in [0.4, 0.5) is 17.6 Å². The number of carbonyl (C=O) groups excluding carboxylic acids is 1. The summed E-state index contributed by atoms with van der Waals surface area (Å²) in [5, 5.41) is 32.5. The molecule has 3 aromatic carbocycles. The van der Waals surface area contributed by atoms with Crippen molar-refractivity contribution < 1.29 is 52.4 Å². The highest BCUT2D eigenvalue weighted by Gasteiger charge is 2.30. The van der Waals surface area contributed by atoms with E-state index in [2.05, 4.69) is 23.7 Å². The van der Waals surface area contributed by atoms with Crippen LogP contribution in [-0.4, -0.2) is 96.0 Å². The van der Waals surface area contributed by atoms with Crippen molar-refractivity contribution in [2.24, 2.45) is 0 Å². The lowest BCUT2D eigenvalue weighted by Gasteiger charge is -2.28. The molecular weight excluding hydrogens is 740 g/mol. The Morgan fingerprint density at radius 1 is 0.768 bits per heavy atom. The van der Waals surface area contributed by atoms with Crippen molar-refractivity contribution in [2.75, 3.05) is 26.2 Å². The van der Waals surface area contributed by atoms with Crippen LogP contribution in [0.1, 0.15) is 47.6 Å². The van der Waals surface area contributed by atoms with Crippen molar-refractivity contribution in [2.45, 2.75) is 72.0 Å². The van der Waals surface area contributed by atoms with Gasteiger partial charge in [0.15, 0.2) is 12.2 Å². The molecule has 0 aliphatic carbocycles. The number of likely N-dealkylation sites (N-methyl/N-ethyl adjacent to an activating group) is 1. The average Bonchev–Trinajstić information content (AvgIpc) is 3.17. The van der Waals surface area contributed by atoms with E-state index in [4.69, 9.17) is 20.4 Å². The Bertz CT molecular complexity index is 1960. The summed E-state index contributed by atoms with van der Waals surface area (Å²) < 4.78 is 54.2. The van der Waals surface area contributed by atoms with Gasteiger partial charge >= 0.3 is 18.1 Å². The SMILES string of the molecule is CCN(CC)CCN(Cc1ccc(-c2ccc(C(F)(F)F)cc2)cc1)C(=O)Cn1c(CCc2ccc(F)cc2)nc(=O)c(C)c1C.O=C(O)C(O)C(O)C(=O)O. The lowest BCUT2D eigenvalue weighted by molar-refractivity contribution is -0.165. The van der Waals surface area contributed by atoms with Gasteiger partial charge in [0.2, 0.25) is 5.91 Å². The highest BCUT2D eigenvalue weighted by Crippen LogP contribution is 2.31. The van der Waals surface area contributed by atoms with Crippen LogP contribution in [0, 0.1) is 19.7 Å². The topological polar surface area (TPSA) is 174 Å². The molecule has 0 aliphatic heterocycles. The van der Waals surface area contributed by atoms with E-state index in [-0.39, 0.29) is 23.8 Å². The van der Waals surface area contributed by atoms with Gasteiger partial charge in [0.05, 0.1) is 5.56 Å². The van der Waals surface area contributed by atoms with Gasteiger partial charge in [-0.15, -0.1) is 0 Å². The standard InChI is InChI=1S/C36H40F4N4O2.C4H6O6/c1-5-42(6-2)21-22-43(23-28-7-12-29(13-8-28)30-14-16-31(17-15-30)36(38,39)40)34(45)24-44-26(4)25(3)35(46)41-33(44)20-11-27-9-18-32(37)19-10-27;5-1(3(7)8)2(6)4(9)10/h7-10,12-19H,5-6,11,20-24H2,1-4H3;1-2,5-6H,(H,7,8)(H,9,10). The number of halogens is 4. The lowest BCUT2D eigenvalue weighted by atomic mass is 10.0. The second kappa shape index (κ2) is 20.5. The van der Waals surface area contributed by atoms with Crippen LogP contribution in [-0.2, 0) is 46.5 Å². The normalized spacial score (nSPS) is 12.4. The molecule has 302 valence electrons. The Morgan fingerprint density at radius 3 is 1.75 bits per heavy atom. The Hall–Kier alpha value is -5.45. The highest BCUT2D eigenvalue weighted by molar-refractivity contribution is 5.83. The summed E-state index contributed by atoms with van der Waals surface area (Å²) in [5.41, 5.74) is 3.34. The van der Waals surface area contributed by atoms with Gasteiger partial charge in [0, 0.05) is 37.3 Å². The summed E-state index contributed by atoms with van der Waals surface area (Å²) in [7, 11) is 0. The minimum Gasteiger partial charge on any atom is -0.479 e. The van der Waals surface area contributed by atoms with E-state index >= 15 is 0 Å². The van der Waals surface area contributed by atoms with Crippen molar-refractivity contribution in [1.29, 1.82) is 0 Å². The molecule has 1 aromatic heterocycles. The number of hydrogen-bond donors (Lipinski definition) is 4. The van der Waals surface area contributed by atoms with Gasteiger partial charge in [-0.05, 0) is 79.9 Å². The number of aryl methyl sites for hydroxylation is 2. The van der Waals surface area contributed by atoms with Crippen LogP contribution in [0.2, 0.25) is 0 Å². The number of aliphatic hydroxyl groups is 2. The molecule has 2 unspecified atom stereocenters. The molecule has 0 radical (unpaired) electrons. The number of carboxylic acids is 2. The Balaban J connectivity index is 0.000000739. The monoisotopic (exact) mass is 786 g/mol. The van der Waals surface area contributed by atoms with Crippen LogP contribution in [0.3, 0.4) is 0 Å². The number of nitrogens with zero attached hydrogens (tertiary/aromatic N) is 4. The van der Waals surface area contributed by atoms with Crippen LogP contribution >= 0.6 is 0 Å². The summed E-state index contributed by atoms with van der Waals surface area (Å²) in [6.07, 6.45) is -7.99. The van der Waals surface area contributed by atoms with Gasteiger partial charge < -0.3 is 34.8 Å². The summed E-state index contributed by atoms with van der Waals surface area (Å²) in [5.74, 6) is -3.50. The van der Waals surface area contributed by atoms with Gasteiger partial charge in [0.1, 0.15) is 18.2 Å². The molecule has 12 nitrogen and oxygen atoms in total. The lowest BCUT2D eigenvalue weighted by Crippen LogP contribution is -2.40. The number of hydrogen-bond acceptors (Lipinski definition) is 8. The number of benzene rings is 3. The quantitative estimate of drug-likeness (QED) is 0.117. The third-order valence-electron chi connectivity index (χ3n) is 9.27. The maximum absolute atomic E-state index is 14.0. The minimum absolute atomic E-state index is 0.000587. The fourth-order valence-electron chi connectivity index (χ4n) is 5.59. The number of aliphatic carboxylic acids is 2. The Morgan fingerprint density at radius 2 is 1.27 bits per heavy atom. The first-order valence-corrected chi connectivity index (χ1v) is 17.8. The molecule has 4 rings (SSSR count). The molecule has 56 heavy (non-hydrogen) atoms. The predicted octanol–water partition coefficient (Wildman–Crippen LogP) is 4.72. The van der Waals surface area contributed by atoms with E-state index < -0.39 is 35.9 Å². The molecule has 0 spiro atoms. The zero-order valence-electron chi connectivity index (χ0n) is 31.5. The molecular formula is C40H46F4N4O8. The molecule has 16 heteroatoms. The number of carboxylic acid groups (broad SMARTS) is 2. The Kier molecular flexibility index (Phi) is 16.4. The number of carbonyl (C=O) groups is 3. The fourth-order valence-corrected chi connectivity index (χ4v) is 5.59. The molecule has 0 fully saturated rings. The maximum atomic E-state index is 14.0. The molecule has 4 aromatic rings. The van der Waals surface area contributed by atoms with E-state index in [1.165, 1.54) is 24.3 Å². The predicted molar refractivity (Wildman–Crippen MR) is 199 cm³/mol. The number of amides is 1. The van der Waals surface area contributed by atoms with Crippen LogP contribution in [0.15, 0.2) is 77.6 Å². The van der Waals surface area contributed by atoms with Gasteiger partial charge in [-0.3, -0.25) is 9.59 Å². The molecule has 4 N–H and O–H groups in total. The summed E-state index contributed by atoms with van der Waals surface area (Å²) in [4.78, 5) is 54.5. The van der Waals surface area contributed by atoms with E-state index in [0.29, 0.717) is 55.1 Å². The van der Waals surface area contributed by atoms with Gasteiger partial charge in [-0.1, -0.05) is 62.4 Å². The average molecular weight is 787 g/mol. The van der Waals surface area contributed by atoms with Gasteiger partial charge in [-0.25, -0.2) is 14.0 Å². The van der Waals surface area contributed by atoms with Crippen LogP contribution in [0.25, 0.3) is 11.1 Å². The van der Waals surface area contributed by atoms with E-state index in [9.17, 15) is 36.7 Å². The smallest absolute Gasteiger partial charge is 0.416 e. The minimum atomic E-state index is -4.39. The van der Waals surface area contributed by atoms with E-state index in [1.54, 1.807) is 28.5 Å². The molecule has 1 heterocycles. The molecule has 0 saturated carbocycles. The van der Waals surface area contributed by atoms with Crippen LogP contribution < -0.4 is 5.56 Å². The van der Waals surface area contributed by atoms with E-state index in [1.807, 2.05) is 31.2 Å². The van der Waals surface area contributed by atoms with Crippen molar-refractivity contribution >= 4 is 17.8 Å². The maximum Gasteiger partial charge on any atom is 0.416 e. The number of aliphatic hydroxyl groups excluding tert-OH is 2. The fraction of sp³-hybridized carbons (Fsp3) is 0.375. The first kappa shape index (κ1) is 44.9. The zero-order chi connectivity index (χ0) is 41.7. The molecule has 2 atom stereocenters. The first-order chi connectivity index (χ1) is 26.4. The number of alkyl halides is 3. The largest absolute Gasteiger partial charge is 0.479 e. The molecule has 0 aliphatic rings. The molecule has 1 amide bonds. The van der Waals surface area contributed by atoms with Crippen molar-refractivity contribution in [1.82, 2.24) is 19.4 Å². The van der Waals surface area contributed by atoms with Crippen molar-refractivity contribution in [3.63, 3.8) is 0 Å². The van der Waals surface area contributed by atoms with Gasteiger partial charge in [0.25, 0.3) is 5.56 Å². The van der Waals surface area contributed by atoms with Crippen molar-refractivity contribution in [3.8, 4) is 11.1 Å². The highest BCUT2D eigenvalue weighted by atomic mass is 19.4. The summed E-state index contributed by atoms with van der Waals surface area (Å²) in [6, 6.07) is 18.7. The van der Waals surface area contributed by atoms with Gasteiger partial charge in [-0.2, -0.15) is 18.2 Å². The zero-order valence-corrected chi connectivity index (χ0v) is 31.5. The molecule has 0 saturated heterocycles. The second-order valence-electron chi connectivity index (χ2n) is 12.9. The van der Waals surface area contributed by atoms with E-state index in [0.717, 1.165) is 41.9 Å². The second-order valence-corrected chi connectivity index (χ2v) is 12.9. The van der Waals surface area contributed by atoms with Crippen LogP contribution in [0.5, 0.6) is 0 Å². The third-order valence-corrected chi connectivity index (χ3v) is 9.27. The summed E-state index contributed by atoms with van der Waals surface area (Å²) >= 11 is 0. The molecule has 0 bridgehead atoms. The first-order valence-electron chi connectivity index (χ1n) is 17.8. The third kappa shape index (κ3) is 12.8. The number of aromatic nitrogens is 2. The number of rotatable bonds is 16. The Labute approximate surface area is 321 Å². The van der Waals surface area contributed by atoms with Crippen molar-refractivity contribution in [3.05, 3.63) is 123 Å². The summed E-state index contributed by atoms with van der Waals surface area (Å²) in [6.45, 7) is 10.8.